The molecular weight excluding hydrogens is 381 g/mol. The van der Waals surface area contributed by atoms with E-state index in [2.05, 4.69) is 9.97 Å². The number of rotatable bonds is 5. The largest absolute Gasteiger partial charge is 0.280 e. The average molecular weight is 395 g/mol. The SMILES string of the molecule is O=C(C=Cc1cccs1)N(Cc1ccncc1)c1nc2c(F)cccc2s1. The highest BCUT2D eigenvalue weighted by molar-refractivity contribution is 7.22. The molecule has 27 heavy (non-hydrogen) atoms. The Bertz CT molecular complexity index is 1090. The van der Waals surface area contributed by atoms with Crippen molar-refractivity contribution in [3.05, 3.63) is 82.6 Å². The fourth-order valence-electron chi connectivity index (χ4n) is 2.56. The monoisotopic (exact) mass is 395 g/mol. The second-order valence-electron chi connectivity index (χ2n) is 5.71. The summed E-state index contributed by atoms with van der Waals surface area (Å²) in [6.07, 6.45) is 6.66. The van der Waals surface area contributed by atoms with Crippen molar-refractivity contribution in [1.82, 2.24) is 9.97 Å². The van der Waals surface area contributed by atoms with Crippen LogP contribution >= 0.6 is 22.7 Å². The lowest BCUT2D eigenvalue weighted by atomic mass is 10.2. The molecule has 0 radical (unpaired) electrons. The van der Waals surface area contributed by atoms with Crippen LogP contribution in [-0.4, -0.2) is 15.9 Å². The number of thiazole rings is 1. The summed E-state index contributed by atoms with van der Waals surface area (Å²) in [6.45, 7) is 0.331. The minimum atomic E-state index is -0.388. The van der Waals surface area contributed by atoms with Crippen molar-refractivity contribution in [3.63, 3.8) is 0 Å². The van der Waals surface area contributed by atoms with Gasteiger partial charge in [-0.05, 0) is 47.4 Å². The molecule has 1 amide bonds. The first-order valence-electron chi connectivity index (χ1n) is 8.18. The average Bonchev–Trinajstić information content (AvgIpc) is 3.35. The van der Waals surface area contributed by atoms with E-state index < -0.39 is 0 Å². The molecule has 3 aromatic heterocycles. The topological polar surface area (TPSA) is 46.1 Å². The standard InChI is InChI=1S/C20H14FN3OS2/c21-16-4-1-5-17-19(16)23-20(27-17)24(13-14-8-10-22-11-9-14)18(25)7-6-15-3-2-12-26-15/h1-12H,13H2. The van der Waals surface area contributed by atoms with Crippen molar-refractivity contribution in [1.29, 1.82) is 0 Å². The summed E-state index contributed by atoms with van der Waals surface area (Å²) < 4.78 is 14.8. The van der Waals surface area contributed by atoms with E-state index in [-0.39, 0.29) is 17.2 Å². The summed E-state index contributed by atoms with van der Waals surface area (Å²) in [5.41, 5.74) is 1.20. The quantitative estimate of drug-likeness (QED) is 0.440. The van der Waals surface area contributed by atoms with Crippen LogP contribution in [0.5, 0.6) is 0 Å². The summed E-state index contributed by atoms with van der Waals surface area (Å²) in [4.78, 5) is 23.8. The van der Waals surface area contributed by atoms with Crippen LogP contribution in [0.1, 0.15) is 10.4 Å². The Balaban J connectivity index is 1.70. The number of pyridine rings is 1. The molecule has 0 atom stereocenters. The van der Waals surface area contributed by atoms with Crippen molar-refractivity contribution in [2.24, 2.45) is 0 Å². The Hall–Kier alpha value is -2.90. The lowest BCUT2D eigenvalue weighted by Crippen LogP contribution is -2.28. The van der Waals surface area contributed by atoms with Gasteiger partial charge in [0.25, 0.3) is 5.91 Å². The van der Waals surface area contributed by atoms with E-state index in [4.69, 9.17) is 0 Å². The van der Waals surface area contributed by atoms with E-state index in [1.807, 2.05) is 29.6 Å². The highest BCUT2D eigenvalue weighted by Gasteiger charge is 2.19. The zero-order valence-electron chi connectivity index (χ0n) is 14.1. The van der Waals surface area contributed by atoms with Crippen LogP contribution in [-0.2, 0) is 11.3 Å². The third-order valence-corrected chi connectivity index (χ3v) is 5.76. The first-order chi connectivity index (χ1) is 13.2. The van der Waals surface area contributed by atoms with Crippen LogP contribution in [0.25, 0.3) is 16.3 Å². The predicted octanol–water partition coefficient (Wildman–Crippen LogP) is 5.14. The molecule has 0 aliphatic carbocycles. The lowest BCUT2D eigenvalue weighted by Gasteiger charge is -2.18. The number of fused-ring (bicyclic) bond motifs is 1. The van der Waals surface area contributed by atoms with Crippen LogP contribution < -0.4 is 4.90 Å². The number of amides is 1. The molecule has 134 valence electrons. The van der Waals surface area contributed by atoms with Gasteiger partial charge in [0.05, 0.1) is 11.2 Å². The van der Waals surface area contributed by atoms with E-state index in [9.17, 15) is 9.18 Å². The van der Waals surface area contributed by atoms with Gasteiger partial charge in [-0.3, -0.25) is 14.7 Å². The maximum Gasteiger partial charge on any atom is 0.253 e. The number of hydrogen-bond donors (Lipinski definition) is 0. The zero-order chi connectivity index (χ0) is 18.6. The normalized spacial score (nSPS) is 11.3. The first-order valence-corrected chi connectivity index (χ1v) is 9.87. The highest BCUT2D eigenvalue weighted by Crippen LogP contribution is 2.31. The first kappa shape index (κ1) is 17.5. The van der Waals surface area contributed by atoms with Crippen LogP contribution in [0.3, 0.4) is 0 Å². The molecule has 4 rings (SSSR count). The lowest BCUT2D eigenvalue weighted by molar-refractivity contribution is -0.114. The predicted molar refractivity (Wildman–Crippen MR) is 108 cm³/mol. The molecule has 4 aromatic rings. The van der Waals surface area contributed by atoms with Crippen LogP contribution in [0.2, 0.25) is 0 Å². The van der Waals surface area contributed by atoms with Gasteiger partial charge in [-0.1, -0.05) is 23.5 Å². The van der Waals surface area contributed by atoms with Gasteiger partial charge in [0, 0.05) is 23.3 Å². The van der Waals surface area contributed by atoms with Gasteiger partial charge in [0.1, 0.15) is 11.3 Å². The van der Waals surface area contributed by atoms with Crippen molar-refractivity contribution in [2.45, 2.75) is 6.54 Å². The van der Waals surface area contributed by atoms with Gasteiger partial charge in [0.2, 0.25) is 0 Å². The Morgan fingerprint density at radius 1 is 1.15 bits per heavy atom. The number of thiophene rings is 1. The number of anilines is 1. The summed E-state index contributed by atoms with van der Waals surface area (Å²) in [7, 11) is 0. The molecule has 4 nitrogen and oxygen atoms in total. The molecule has 0 fully saturated rings. The fraction of sp³-hybridized carbons (Fsp3) is 0.0500. The van der Waals surface area contributed by atoms with Gasteiger partial charge in [0.15, 0.2) is 5.13 Å². The summed E-state index contributed by atoms with van der Waals surface area (Å²) in [6, 6.07) is 12.4. The van der Waals surface area contributed by atoms with E-state index in [1.54, 1.807) is 46.8 Å². The van der Waals surface area contributed by atoms with Gasteiger partial charge >= 0.3 is 0 Å². The van der Waals surface area contributed by atoms with E-state index in [0.29, 0.717) is 16.4 Å². The van der Waals surface area contributed by atoms with Crippen molar-refractivity contribution < 1.29 is 9.18 Å². The van der Waals surface area contributed by atoms with Crippen LogP contribution in [0, 0.1) is 5.82 Å². The number of halogens is 1. The number of carbonyl (C=O) groups is 1. The maximum atomic E-state index is 14.0. The molecule has 0 aliphatic rings. The summed E-state index contributed by atoms with van der Waals surface area (Å²) in [5.74, 6) is -0.597. The van der Waals surface area contributed by atoms with E-state index >= 15 is 0 Å². The zero-order valence-corrected chi connectivity index (χ0v) is 15.7. The maximum absolute atomic E-state index is 14.0. The molecule has 0 unspecified atom stereocenters. The minimum absolute atomic E-state index is 0.209. The van der Waals surface area contributed by atoms with Gasteiger partial charge in [-0.2, -0.15) is 0 Å². The van der Waals surface area contributed by atoms with E-state index in [1.165, 1.54) is 23.5 Å². The fourth-order valence-corrected chi connectivity index (χ4v) is 4.16. The number of carbonyl (C=O) groups excluding carboxylic acids is 1. The molecule has 0 saturated heterocycles. The molecular formula is C20H14FN3OS2. The number of hydrogen-bond acceptors (Lipinski definition) is 5. The van der Waals surface area contributed by atoms with Crippen LogP contribution in [0.4, 0.5) is 9.52 Å². The van der Waals surface area contributed by atoms with Gasteiger partial charge < -0.3 is 0 Å². The molecule has 0 N–H and O–H groups in total. The summed E-state index contributed by atoms with van der Waals surface area (Å²) >= 11 is 2.85. The Kier molecular flexibility index (Phi) is 5.04. The molecule has 3 heterocycles. The number of para-hydroxylation sites is 1. The van der Waals surface area contributed by atoms with Gasteiger partial charge in [-0.25, -0.2) is 9.37 Å². The molecule has 7 heteroatoms. The molecule has 1 aromatic carbocycles. The molecule has 0 bridgehead atoms. The highest BCUT2D eigenvalue weighted by atomic mass is 32.1. The molecule has 0 spiro atoms. The Morgan fingerprint density at radius 3 is 2.74 bits per heavy atom. The number of aromatic nitrogens is 2. The number of benzene rings is 1. The van der Waals surface area contributed by atoms with Crippen molar-refractivity contribution in [3.8, 4) is 0 Å². The van der Waals surface area contributed by atoms with E-state index in [0.717, 1.165) is 10.4 Å². The second kappa shape index (κ2) is 7.77. The Labute approximate surface area is 163 Å². The second-order valence-corrected chi connectivity index (χ2v) is 7.70. The third kappa shape index (κ3) is 3.94. The minimum Gasteiger partial charge on any atom is -0.280 e. The Morgan fingerprint density at radius 2 is 2.00 bits per heavy atom. The molecule has 0 aliphatic heterocycles. The van der Waals surface area contributed by atoms with Crippen LogP contribution in [0.15, 0.2) is 66.3 Å². The number of nitrogens with zero attached hydrogens (tertiary/aromatic N) is 3. The summed E-state index contributed by atoms with van der Waals surface area (Å²) in [5, 5.41) is 2.42. The third-order valence-electron chi connectivity index (χ3n) is 3.88. The smallest absolute Gasteiger partial charge is 0.253 e. The van der Waals surface area contributed by atoms with Gasteiger partial charge in [-0.15, -0.1) is 11.3 Å². The molecule has 0 saturated carbocycles. The van der Waals surface area contributed by atoms with Crippen molar-refractivity contribution in [2.75, 3.05) is 4.90 Å². The van der Waals surface area contributed by atoms with Crippen molar-refractivity contribution >= 4 is 50.0 Å².